The highest BCUT2D eigenvalue weighted by Gasteiger charge is 2.19. The Morgan fingerprint density at radius 1 is 1.06 bits per heavy atom. The van der Waals surface area contributed by atoms with E-state index in [4.69, 9.17) is 14.4 Å². The molecule has 0 bridgehead atoms. The van der Waals surface area contributed by atoms with E-state index in [1.165, 1.54) is 5.56 Å². The number of aromatic nitrogens is 4. The molecule has 7 heteroatoms. The quantitative estimate of drug-likeness (QED) is 0.434. The van der Waals surface area contributed by atoms with Gasteiger partial charge in [0.15, 0.2) is 5.69 Å². The van der Waals surface area contributed by atoms with E-state index in [0.29, 0.717) is 29.9 Å². The Bertz CT molecular complexity index is 1260. The third kappa shape index (κ3) is 4.81. The Morgan fingerprint density at radius 2 is 1.82 bits per heavy atom. The molecule has 0 atom stereocenters. The third-order valence-corrected chi connectivity index (χ3v) is 6.45. The van der Waals surface area contributed by atoms with Crippen LogP contribution in [-0.4, -0.2) is 38.2 Å². The van der Waals surface area contributed by atoms with E-state index in [1.807, 2.05) is 41.9 Å². The fourth-order valence-electron chi connectivity index (χ4n) is 4.38. The predicted octanol–water partition coefficient (Wildman–Crippen LogP) is 5.08. The molecule has 4 aromatic rings. The molecule has 1 N–H and O–H groups in total. The lowest BCUT2D eigenvalue weighted by Crippen LogP contribution is -2.16. The second-order valence-corrected chi connectivity index (χ2v) is 9.52. The molecule has 0 radical (unpaired) electrons. The van der Waals surface area contributed by atoms with Gasteiger partial charge in [0.05, 0.1) is 12.1 Å². The average molecular weight is 459 g/mol. The number of ether oxygens (including phenoxy) is 1. The van der Waals surface area contributed by atoms with Crippen molar-refractivity contribution >= 4 is 0 Å². The topological polar surface area (TPSA) is 86.2 Å². The summed E-state index contributed by atoms with van der Waals surface area (Å²) in [6.45, 7) is 7.83. The average Bonchev–Trinajstić information content (AvgIpc) is 3.47. The van der Waals surface area contributed by atoms with Crippen LogP contribution in [0.2, 0.25) is 0 Å². The van der Waals surface area contributed by atoms with Crippen molar-refractivity contribution < 1.29 is 14.4 Å². The number of nitrogens with zero attached hydrogens (tertiary/aromatic N) is 4. The van der Waals surface area contributed by atoms with Crippen LogP contribution in [0.5, 0.6) is 0 Å². The van der Waals surface area contributed by atoms with E-state index in [0.717, 1.165) is 48.4 Å². The van der Waals surface area contributed by atoms with E-state index in [1.54, 1.807) is 13.8 Å². The number of aryl methyl sites for hydroxylation is 1. The second-order valence-electron chi connectivity index (χ2n) is 9.52. The molecule has 0 aliphatic carbocycles. The predicted molar refractivity (Wildman–Crippen MR) is 129 cm³/mol. The van der Waals surface area contributed by atoms with Gasteiger partial charge in [0, 0.05) is 24.5 Å². The molecule has 2 aromatic carbocycles. The van der Waals surface area contributed by atoms with Crippen LogP contribution in [-0.2, 0) is 16.9 Å². The summed E-state index contributed by atoms with van der Waals surface area (Å²) in [4.78, 5) is 4.59. The summed E-state index contributed by atoms with van der Waals surface area (Å²) in [7, 11) is 0. The standard InChI is InChI=1S/C27H30N4O3/c1-18-15-24(29-31(18)17-19-5-4-6-23(16-19)27(2,3)32)26-28-25(30-34-26)22-9-7-20(8-10-22)21-11-13-33-14-12-21/h4-10,15-16,21,32H,11-14,17H2,1-3H3. The van der Waals surface area contributed by atoms with Gasteiger partial charge in [0.25, 0.3) is 5.89 Å². The summed E-state index contributed by atoms with van der Waals surface area (Å²) in [5.41, 5.74) is 4.94. The van der Waals surface area contributed by atoms with E-state index >= 15 is 0 Å². The van der Waals surface area contributed by atoms with Crippen LogP contribution >= 0.6 is 0 Å². The first-order valence-electron chi connectivity index (χ1n) is 11.8. The van der Waals surface area contributed by atoms with E-state index in [9.17, 15) is 5.11 Å². The molecule has 0 amide bonds. The van der Waals surface area contributed by atoms with E-state index in [2.05, 4.69) is 34.4 Å². The molecule has 1 fully saturated rings. The Hall–Kier alpha value is -3.29. The van der Waals surface area contributed by atoms with Gasteiger partial charge in [-0.3, -0.25) is 4.68 Å². The molecule has 0 saturated carbocycles. The number of hydrogen-bond donors (Lipinski definition) is 1. The van der Waals surface area contributed by atoms with Gasteiger partial charge in [0.1, 0.15) is 0 Å². The van der Waals surface area contributed by atoms with Crippen molar-refractivity contribution in [2.75, 3.05) is 13.2 Å². The molecule has 5 rings (SSSR count). The van der Waals surface area contributed by atoms with Crippen LogP contribution in [0, 0.1) is 6.92 Å². The van der Waals surface area contributed by atoms with Crippen molar-refractivity contribution in [1.29, 1.82) is 0 Å². The van der Waals surface area contributed by atoms with Crippen molar-refractivity contribution in [3.8, 4) is 23.0 Å². The SMILES string of the molecule is Cc1cc(-c2nc(-c3ccc(C4CCOCC4)cc3)no2)nn1Cc1cccc(C(C)(C)O)c1. The van der Waals surface area contributed by atoms with Crippen molar-refractivity contribution in [3.63, 3.8) is 0 Å². The first-order valence-corrected chi connectivity index (χ1v) is 11.8. The highest BCUT2D eigenvalue weighted by atomic mass is 16.5. The molecule has 3 heterocycles. The number of benzene rings is 2. The first-order chi connectivity index (χ1) is 16.4. The largest absolute Gasteiger partial charge is 0.386 e. The van der Waals surface area contributed by atoms with E-state index in [-0.39, 0.29) is 0 Å². The van der Waals surface area contributed by atoms with Crippen LogP contribution in [0.3, 0.4) is 0 Å². The minimum Gasteiger partial charge on any atom is -0.386 e. The first kappa shape index (κ1) is 22.5. The third-order valence-electron chi connectivity index (χ3n) is 6.45. The minimum absolute atomic E-state index is 0.399. The molecule has 1 aliphatic rings. The fourth-order valence-corrected chi connectivity index (χ4v) is 4.38. The molecule has 7 nitrogen and oxygen atoms in total. The highest BCUT2D eigenvalue weighted by Crippen LogP contribution is 2.29. The maximum absolute atomic E-state index is 10.3. The molecule has 1 saturated heterocycles. The monoisotopic (exact) mass is 458 g/mol. The van der Waals surface area contributed by atoms with Gasteiger partial charge in [0.2, 0.25) is 5.82 Å². The van der Waals surface area contributed by atoms with Crippen LogP contribution < -0.4 is 0 Å². The van der Waals surface area contributed by atoms with E-state index < -0.39 is 5.60 Å². The maximum Gasteiger partial charge on any atom is 0.278 e. The lowest BCUT2D eigenvalue weighted by molar-refractivity contribution is 0.0785. The number of hydrogen-bond acceptors (Lipinski definition) is 6. The van der Waals surface area contributed by atoms with Gasteiger partial charge in [-0.25, -0.2) is 0 Å². The van der Waals surface area contributed by atoms with Crippen molar-refractivity contribution in [2.24, 2.45) is 0 Å². The van der Waals surface area contributed by atoms with Gasteiger partial charge in [-0.15, -0.1) is 0 Å². The highest BCUT2D eigenvalue weighted by molar-refractivity contribution is 5.58. The fraction of sp³-hybridized carbons (Fsp3) is 0.370. The van der Waals surface area contributed by atoms with Crippen LogP contribution in [0.4, 0.5) is 0 Å². The summed E-state index contributed by atoms with van der Waals surface area (Å²) in [5, 5.41) is 19.2. The zero-order chi connectivity index (χ0) is 23.7. The number of aliphatic hydroxyl groups is 1. The zero-order valence-corrected chi connectivity index (χ0v) is 19.9. The second kappa shape index (κ2) is 9.16. The van der Waals surface area contributed by atoms with Crippen molar-refractivity contribution in [2.45, 2.75) is 51.7 Å². The summed E-state index contributed by atoms with van der Waals surface area (Å²) >= 11 is 0. The van der Waals surface area contributed by atoms with Gasteiger partial charge >= 0.3 is 0 Å². The van der Waals surface area contributed by atoms with Crippen LogP contribution in [0.15, 0.2) is 59.1 Å². The Morgan fingerprint density at radius 3 is 2.56 bits per heavy atom. The summed E-state index contributed by atoms with van der Waals surface area (Å²) in [5.74, 6) is 1.51. The maximum atomic E-state index is 10.3. The Kier molecular flexibility index (Phi) is 6.06. The molecular formula is C27H30N4O3. The summed E-state index contributed by atoms with van der Waals surface area (Å²) < 4.78 is 12.9. The zero-order valence-electron chi connectivity index (χ0n) is 19.9. The Labute approximate surface area is 199 Å². The smallest absolute Gasteiger partial charge is 0.278 e. The lowest BCUT2D eigenvalue weighted by atomic mass is 9.91. The van der Waals surface area contributed by atoms with Gasteiger partial charge in [-0.1, -0.05) is 53.7 Å². The molecular weight excluding hydrogens is 428 g/mol. The van der Waals surface area contributed by atoms with Gasteiger partial charge in [-0.05, 0) is 62.3 Å². The molecule has 34 heavy (non-hydrogen) atoms. The van der Waals surface area contributed by atoms with Gasteiger partial charge in [-0.2, -0.15) is 10.1 Å². The van der Waals surface area contributed by atoms with Crippen molar-refractivity contribution in [1.82, 2.24) is 19.9 Å². The van der Waals surface area contributed by atoms with Crippen LogP contribution in [0.1, 0.15) is 55.0 Å². The summed E-state index contributed by atoms with van der Waals surface area (Å²) in [6, 6.07) is 18.3. The summed E-state index contributed by atoms with van der Waals surface area (Å²) in [6.07, 6.45) is 2.13. The molecule has 0 spiro atoms. The van der Waals surface area contributed by atoms with Crippen LogP contribution in [0.25, 0.3) is 23.0 Å². The Balaban J connectivity index is 1.32. The number of rotatable bonds is 6. The molecule has 1 aliphatic heterocycles. The lowest BCUT2D eigenvalue weighted by Gasteiger charge is -2.22. The molecule has 0 unspecified atom stereocenters. The molecule has 2 aromatic heterocycles. The normalized spacial score (nSPS) is 15.1. The van der Waals surface area contributed by atoms with Crippen molar-refractivity contribution in [3.05, 3.63) is 77.0 Å². The van der Waals surface area contributed by atoms with Gasteiger partial charge < -0.3 is 14.4 Å². The molecule has 176 valence electrons. The minimum atomic E-state index is -0.885.